The molecule has 1 atom stereocenters. The van der Waals surface area contributed by atoms with E-state index in [2.05, 4.69) is 10.6 Å². The van der Waals surface area contributed by atoms with Crippen molar-refractivity contribution in [1.29, 1.82) is 0 Å². The number of hydrogen-bond donors (Lipinski definition) is 2. The lowest BCUT2D eigenvalue weighted by Gasteiger charge is -2.25. The highest BCUT2D eigenvalue weighted by Crippen LogP contribution is 2.31. The fourth-order valence-electron chi connectivity index (χ4n) is 4.65. The molecule has 1 heterocycles. The number of carbonyl (C=O) groups is 3. The van der Waals surface area contributed by atoms with Crippen molar-refractivity contribution in [3.8, 4) is 11.3 Å². The van der Waals surface area contributed by atoms with Crippen LogP contribution in [0.15, 0.2) is 77.2 Å². The number of nitrogens with zero attached hydrogens (tertiary/aromatic N) is 1. The standard InChI is InChI=1S/C29H33N3O5/c33-21-32(36-19-23-11-3-1-4-12-23)18-25(17-22-9-7-8-10-22)28(34)30-20-31-29(35)27-16-15-26(37-27)24-13-5-2-6-14-24/h1-6,11-16,21-22,25H,7-10,17-20H2,(H,30,34)(H,31,35). The van der Waals surface area contributed by atoms with Gasteiger partial charge in [0.15, 0.2) is 5.76 Å². The predicted octanol–water partition coefficient (Wildman–Crippen LogP) is 4.54. The maximum Gasteiger partial charge on any atom is 0.288 e. The van der Waals surface area contributed by atoms with Gasteiger partial charge in [0.1, 0.15) is 12.4 Å². The van der Waals surface area contributed by atoms with Gasteiger partial charge in [0.05, 0.1) is 19.1 Å². The molecule has 1 fully saturated rings. The molecule has 1 aliphatic rings. The molecule has 0 bridgehead atoms. The number of rotatable bonds is 13. The van der Waals surface area contributed by atoms with Crippen molar-refractivity contribution < 1.29 is 23.6 Å². The van der Waals surface area contributed by atoms with E-state index in [1.807, 2.05) is 60.7 Å². The molecule has 37 heavy (non-hydrogen) atoms. The number of carbonyl (C=O) groups excluding carboxylic acids is 3. The SMILES string of the molecule is O=CN(CC(CC1CCCC1)C(=O)NCNC(=O)c1ccc(-c2ccccc2)o1)OCc1ccccc1. The Morgan fingerprint density at radius 1 is 0.973 bits per heavy atom. The van der Waals surface area contributed by atoms with Crippen LogP contribution in [-0.2, 0) is 21.0 Å². The van der Waals surface area contributed by atoms with Crippen LogP contribution in [0.5, 0.6) is 0 Å². The topological polar surface area (TPSA) is 101 Å². The highest BCUT2D eigenvalue weighted by Gasteiger charge is 2.27. The van der Waals surface area contributed by atoms with Gasteiger partial charge < -0.3 is 15.1 Å². The Bertz CT molecular complexity index is 1140. The monoisotopic (exact) mass is 503 g/mol. The highest BCUT2D eigenvalue weighted by molar-refractivity contribution is 5.92. The minimum absolute atomic E-state index is 0.0494. The van der Waals surface area contributed by atoms with Gasteiger partial charge >= 0.3 is 0 Å². The molecule has 2 N–H and O–H groups in total. The second kappa shape index (κ2) is 13.4. The summed E-state index contributed by atoms with van der Waals surface area (Å²) in [6, 6.07) is 22.4. The van der Waals surface area contributed by atoms with Crippen LogP contribution < -0.4 is 10.6 Å². The van der Waals surface area contributed by atoms with E-state index in [9.17, 15) is 14.4 Å². The summed E-state index contributed by atoms with van der Waals surface area (Å²) in [5.41, 5.74) is 1.81. The molecule has 0 radical (unpaired) electrons. The smallest absolute Gasteiger partial charge is 0.288 e. The van der Waals surface area contributed by atoms with Crippen molar-refractivity contribution in [3.63, 3.8) is 0 Å². The summed E-state index contributed by atoms with van der Waals surface area (Å²) in [6.45, 7) is 0.332. The molecule has 8 heteroatoms. The van der Waals surface area contributed by atoms with E-state index in [0.29, 0.717) is 24.5 Å². The number of hydrogen-bond acceptors (Lipinski definition) is 5. The second-order valence-corrected chi connectivity index (χ2v) is 9.30. The van der Waals surface area contributed by atoms with Gasteiger partial charge in [-0.2, -0.15) is 0 Å². The van der Waals surface area contributed by atoms with Crippen molar-refractivity contribution in [2.75, 3.05) is 13.2 Å². The molecule has 0 saturated heterocycles. The first-order valence-corrected chi connectivity index (χ1v) is 12.7. The first kappa shape index (κ1) is 26.2. The van der Waals surface area contributed by atoms with E-state index in [0.717, 1.165) is 36.8 Å². The molecular weight excluding hydrogens is 470 g/mol. The number of amides is 3. The van der Waals surface area contributed by atoms with E-state index in [1.54, 1.807) is 12.1 Å². The van der Waals surface area contributed by atoms with Crippen molar-refractivity contribution in [3.05, 3.63) is 84.1 Å². The van der Waals surface area contributed by atoms with Gasteiger partial charge in [-0.15, -0.1) is 0 Å². The van der Waals surface area contributed by atoms with Crippen LogP contribution >= 0.6 is 0 Å². The van der Waals surface area contributed by atoms with E-state index < -0.39 is 11.8 Å². The molecular formula is C29H33N3O5. The van der Waals surface area contributed by atoms with Crippen LogP contribution in [0.4, 0.5) is 0 Å². The zero-order chi connectivity index (χ0) is 25.9. The van der Waals surface area contributed by atoms with Crippen LogP contribution in [0, 0.1) is 11.8 Å². The van der Waals surface area contributed by atoms with Crippen LogP contribution in [0.1, 0.15) is 48.2 Å². The Kier molecular flexibility index (Phi) is 9.48. The number of benzene rings is 2. The van der Waals surface area contributed by atoms with Crippen LogP contribution in [0.3, 0.4) is 0 Å². The van der Waals surface area contributed by atoms with Crippen molar-refractivity contribution in [1.82, 2.24) is 15.7 Å². The summed E-state index contributed by atoms with van der Waals surface area (Å²) >= 11 is 0. The number of nitrogens with one attached hydrogen (secondary N) is 2. The van der Waals surface area contributed by atoms with Gasteiger partial charge in [-0.3, -0.25) is 19.2 Å². The summed E-state index contributed by atoms with van der Waals surface area (Å²) in [5.74, 6) is 0.0944. The third-order valence-corrected chi connectivity index (χ3v) is 6.62. The average Bonchev–Trinajstić information content (AvgIpc) is 3.64. The molecule has 1 saturated carbocycles. The molecule has 1 aromatic heterocycles. The molecule has 194 valence electrons. The summed E-state index contributed by atoms with van der Waals surface area (Å²) in [7, 11) is 0. The van der Waals surface area contributed by atoms with E-state index in [-0.39, 0.29) is 31.5 Å². The Balaban J connectivity index is 1.30. The van der Waals surface area contributed by atoms with Gasteiger partial charge in [-0.1, -0.05) is 86.3 Å². The van der Waals surface area contributed by atoms with Crippen molar-refractivity contribution >= 4 is 18.2 Å². The lowest BCUT2D eigenvalue weighted by atomic mass is 9.92. The summed E-state index contributed by atoms with van der Waals surface area (Å²) in [4.78, 5) is 43.0. The minimum Gasteiger partial charge on any atom is -0.451 e. The summed E-state index contributed by atoms with van der Waals surface area (Å²) in [5, 5.41) is 6.66. The highest BCUT2D eigenvalue weighted by atomic mass is 16.7. The molecule has 3 aromatic rings. The molecule has 2 aromatic carbocycles. The lowest BCUT2D eigenvalue weighted by Crippen LogP contribution is -2.43. The third-order valence-electron chi connectivity index (χ3n) is 6.62. The third kappa shape index (κ3) is 7.79. The fraction of sp³-hybridized carbons (Fsp3) is 0.345. The Morgan fingerprint density at radius 2 is 1.68 bits per heavy atom. The fourth-order valence-corrected chi connectivity index (χ4v) is 4.65. The maximum absolute atomic E-state index is 13.1. The Morgan fingerprint density at radius 3 is 2.38 bits per heavy atom. The Hall–Kier alpha value is -3.91. The van der Waals surface area contributed by atoms with E-state index in [1.165, 1.54) is 5.06 Å². The molecule has 1 unspecified atom stereocenters. The lowest BCUT2D eigenvalue weighted by molar-refractivity contribution is -0.182. The molecule has 4 rings (SSSR count). The number of hydroxylamine groups is 2. The van der Waals surface area contributed by atoms with Gasteiger partial charge in [-0.05, 0) is 30.0 Å². The number of furan rings is 1. The molecule has 3 amide bonds. The molecule has 8 nitrogen and oxygen atoms in total. The largest absolute Gasteiger partial charge is 0.451 e. The second-order valence-electron chi connectivity index (χ2n) is 9.30. The zero-order valence-electron chi connectivity index (χ0n) is 20.8. The quantitative estimate of drug-likeness (QED) is 0.203. The molecule has 0 spiro atoms. The summed E-state index contributed by atoms with van der Waals surface area (Å²) in [6.07, 6.45) is 5.75. The minimum atomic E-state index is -0.450. The zero-order valence-corrected chi connectivity index (χ0v) is 20.8. The first-order chi connectivity index (χ1) is 18.1. The van der Waals surface area contributed by atoms with Crippen LogP contribution in [0.2, 0.25) is 0 Å². The first-order valence-electron chi connectivity index (χ1n) is 12.7. The molecule has 1 aliphatic carbocycles. The van der Waals surface area contributed by atoms with Gasteiger partial charge in [0.25, 0.3) is 5.91 Å². The van der Waals surface area contributed by atoms with E-state index in [4.69, 9.17) is 9.25 Å². The normalized spacial score (nSPS) is 14.2. The maximum atomic E-state index is 13.1. The summed E-state index contributed by atoms with van der Waals surface area (Å²) < 4.78 is 5.67. The van der Waals surface area contributed by atoms with Crippen LogP contribution in [0.25, 0.3) is 11.3 Å². The van der Waals surface area contributed by atoms with Gasteiger partial charge in [0.2, 0.25) is 12.3 Å². The van der Waals surface area contributed by atoms with E-state index >= 15 is 0 Å². The van der Waals surface area contributed by atoms with Crippen LogP contribution in [-0.4, -0.2) is 36.5 Å². The van der Waals surface area contributed by atoms with Crippen molar-refractivity contribution in [2.24, 2.45) is 11.8 Å². The average molecular weight is 504 g/mol. The molecule has 0 aliphatic heterocycles. The van der Waals surface area contributed by atoms with Crippen molar-refractivity contribution in [2.45, 2.75) is 38.7 Å². The van der Waals surface area contributed by atoms with Gasteiger partial charge in [0, 0.05) is 5.56 Å². The predicted molar refractivity (Wildman–Crippen MR) is 139 cm³/mol. The Labute approximate surface area is 216 Å². The van der Waals surface area contributed by atoms with Gasteiger partial charge in [-0.25, -0.2) is 5.06 Å².